The van der Waals surface area contributed by atoms with Gasteiger partial charge in [0, 0.05) is 30.8 Å². The molecule has 0 bridgehead atoms. The van der Waals surface area contributed by atoms with E-state index in [0.717, 1.165) is 17.2 Å². The zero-order valence-electron chi connectivity index (χ0n) is 14.1. The van der Waals surface area contributed by atoms with Gasteiger partial charge in [-0.2, -0.15) is 0 Å². The fraction of sp³-hybridized carbons (Fsp3) is 0.211. The lowest BCUT2D eigenvalue weighted by Gasteiger charge is -2.28. The van der Waals surface area contributed by atoms with Crippen LogP contribution in [-0.4, -0.2) is 42.8 Å². The summed E-state index contributed by atoms with van der Waals surface area (Å²) in [6.45, 7) is 0.477. The molecule has 6 nitrogen and oxygen atoms in total. The molecule has 0 aliphatic carbocycles. The van der Waals surface area contributed by atoms with Gasteiger partial charge in [-0.05, 0) is 48.6 Å². The van der Waals surface area contributed by atoms with Crippen molar-refractivity contribution in [2.45, 2.75) is 12.1 Å². The number of aromatic nitrogens is 3. The van der Waals surface area contributed by atoms with E-state index < -0.39 is 0 Å². The topological polar surface area (TPSA) is 66.2 Å². The maximum absolute atomic E-state index is 9.54. The molecule has 0 amide bonds. The molecule has 1 fully saturated rings. The first-order valence-corrected chi connectivity index (χ1v) is 8.88. The molecule has 7 heteroatoms. The van der Waals surface area contributed by atoms with Crippen molar-refractivity contribution >= 4 is 17.3 Å². The Bertz CT molecular complexity index is 883. The Hall–Kier alpha value is -2.77. The van der Waals surface area contributed by atoms with Crippen molar-refractivity contribution in [1.29, 1.82) is 0 Å². The number of pyridine rings is 2. The molecule has 4 rings (SSSR count). The van der Waals surface area contributed by atoms with E-state index in [1.807, 2.05) is 53.6 Å². The molecular weight excluding hydrogens is 346 g/mol. The fourth-order valence-corrected chi connectivity index (χ4v) is 3.75. The third-order valence-electron chi connectivity index (χ3n) is 4.52. The molecule has 2 atom stereocenters. The van der Waals surface area contributed by atoms with Gasteiger partial charge in [0.05, 0.1) is 24.4 Å². The second-order valence-electron chi connectivity index (χ2n) is 6.03. The minimum absolute atomic E-state index is 0.0254. The number of aliphatic hydroxyl groups excluding tert-OH is 1. The van der Waals surface area contributed by atoms with Crippen molar-refractivity contribution in [3.63, 3.8) is 0 Å². The number of hydrogen-bond acceptors (Lipinski definition) is 4. The number of thiocarbonyl (C=S) groups is 1. The van der Waals surface area contributed by atoms with Crippen LogP contribution in [0.4, 0.5) is 0 Å². The summed E-state index contributed by atoms with van der Waals surface area (Å²) in [6.07, 6.45) is 5.55. The third kappa shape index (κ3) is 2.95. The van der Waals surface area contributed by atoms with Gasteiger partial charge in [0.25, 0.3) is 0 Å². The molecular formula is C19H19N5OS. The minimum atomic E-state index is -0.104. The van der Waals surface area contributed by atoms with Gasteiger partial charge in [-0.1, -0.05) is 12.1 Å². The predicted molar refractivity (Wildman–Crippen MR) is 103 cm³/mol. The summed E-state index contributed by atoms with van der Waals surface area (Å²) in [7, 11) is 0. The predicted octanol–water partition coefficient (Wildman–Crippen LogP) is 2.23. The summed E-state index contributed by atoms with van der Waals surface area (Å²) < 4.78 is 2.06. The Morgan fingerprint density at radius 1 is 1.04 bits per heavy atom. The minimum Gasteiger partial charge on any atom is -0.395 e. The van der Waals surface area contributed by atoms with Crippen LogP contribution in [0.25, 0.3) is 5.82 Å². The Balaban J connectivity index is 1.81. The molecule has 1 aliphatic heterocycles. The van der Waals surface area contributed by atoms with E-state index in [-0.39, 0.29) is 18.7 Å². The van der Waals surface area contributed by atoms with Gasteiger partial charge in [-0.25, -0.2) is 4.98 Å². The van der Waals surface area contributed by atoms with Crippen molar-refractivity contribution in [2.75, 3.05) is 13.2 Å². The third-order valence-corrected chi connectivity index (χ3v) is 4.87. The normalized spacial score (nSPS) is 19.6. The van der Waals surface area contributed by atoms with Gasteiger partial charge in [0.2, 0.25) is 0 Å². The van der Waals surface area contributed by atoms with Crippen LogP contribution in [0, 0.1) is 0 Å². The molecule has 0 unspecified atom stereocenters. The molecule has 3 aromatic heterocycles. The molecule has 1 aliphatic rings. The summed E-state index contributed by atoms with van der Waals surface area (Å²) in [5.74, 6) is 0.842. The van der Waals surface area contributed by atoms with Crippen LogP contribution in [0.3, 0.4) is 0 Å². The van der Waals surface area contributed by atoms with Crippen LogP contribution in [0.2, 0.25) is 0 Å². The van der Waals surface area contributed by atoms with Gasteiger partial charge < -0.3 is 19.9 Å². The molecule has 0 saturated carbocycles. The van der Waals surface area contributed by atoms with Crippen LogP contribution >= 0.6 is 12.2 Å². The first-order chi connectivity index (χ1) is 12.8. The summed E-state index contributed by atoms with van der Waals surface area (Å²) in [5.41, 5.74) is 1.95. The average molecular weight is 365 g/mol. The van der Waals surface area contributed by atoms with Crippen LogP contribution in [-0.2, 0) is 0 Å². The lowest BCUT2D eigenvalue weighted by atomic mass is 10.0. The van der Waals surface area contributed by atoms with E-state index in [9.17, 15) is 5.11 Å². The van der Waals surface area contributed by atoms with Gasteiger partial charge in [0.15, 0.2) is 5.11 Å². The van der Waals surface area contributed by atoms with Gasteiger partial charge in [0.1, 0.15) is 5.82 Å². The van der Waals surface area contributed by atoms with E-state index in [2.05, 4.69) is 25.9 Å². The van der Waals surface area contributed by atoms with Crippen LogP contribution in [0.1, 0.15) is 23.5 Å². The Morgan fingerprint density at radius 2 is 1.85 bits per heavy atom. The lowest BCUT2D eigenvalue weighted by Crippen LogP contribution is -2.33. The number of hydrogen-bond donors (Lipinski definition) is 2. The van der Waals surface area contributed by atoms with Crippen molar-refractivity contribution < 1.29 is 5.11 Å². The fourth-order valence-electron chi connectivity index (χ4n) is 3.42. The maximum atomic E-state index is 9.54. The van der Waals surface area contributed by atoms with Crippen LogP contribution in [0.5, 0.6) is 0 Å². The van der Waals surface area contributed by atoms with Crippen molar-refractivity contribution in [3.05, 3.63) is 78.5 Å². The van der Waals surface area contributed by atoms with Gasteiger partial charge in [-0.15, -0.1) is 0 Å². The number of aliphatic hydroxyl groups is 1. The quantitative estimate of drug-likeness (QED) is 0.676. The maximum Gasteiger partial charge on any atom is 0.170 e. The first kappa shape index (κ1) is 16.7. The lowest BCUT2D eigenvalue weighted by molar-refractivity contribution is 0.220. The second-order valence-corrected chi connectivity index (χ2v) is 6.42. The highest BCUT2D eigenvalue weighted by atomic mass is 32.1. The molecule has 0 radical (unpaired) electrons. The molecule has 3 aromatic rings. The zero-order valence-corrected chi connectivity index (χ0v) is 14.9. The van der Waals surface area contributed by atoms with Crippen molar-refractivity contribution in [3.8, 4) is 5.82 Å². The first-order valence-electron chi connectivity index (χ1n) is 8.47. The van der Waals surface area contributed by atoms with E-state index in [0.29, 0.717) is 11.7 Å². The monoisotopic (exact) mass is 365 g/mol. The Morgan fingerprint density at radius 3 is 2.54 bits per heavy atom. The highest BCUT2D eigenvalue weighted by molar-refractivity contribution is 7.80. The summed E-state index contributed by atoms with van der Waals surface area (Å²) in [5, 5.41) is 13.5. The Kier molecular flexibility index (Phi) is 4.64. The number of nitrogens with zero attached hydrogens (tertiary/aromatic N) is 4. The highest BCUT2D eigenvalue weighted by Crippen LogP contribution is 2.39. The zero-order chi connectivity index (χ0) is 17.9. The number of β-amino-alcohol motifs (C(OH)–C–C–N with tert-alkyl or cyclic N) is 1. The SMILES string of the molecule is OCCN1C(=S)N[C@H](c2ccccn2)[C@H]1c1cccn1-c1ccccn1. The largest absolute Gasteiger partial charge is 0.395 e. The highest BCUT2D eigenvalue weighted by Gasteiger charge is 2.40. The molecule has 0 aromatic carbocycles. The average Bonchev–Trinajstić information content (AvgIpc) is 3.28. The standard InChI is InChI=1S/C19H19N5OS/c25-13-12-24-18(17(22-19(24)26)14-6-1-3-9-20-14)15-7-5-11-23(15)16-8-2-4-10-21-16/h1-11,17-18,25H,12-13H2,(H,22,26)/t17-,18-/m1/s1. The van der Waals surface area contributed by atoms with E-state index in [1.165, 1.54) is 0 Å². The second kappa shape index (κ2) is 7.23. The Labute approximate surface area is 157 Å². The van der Waals surface area contributed by atoms with E-state index >= 15 is 0 Å². The molecule has 26 heavy (non-hydrogen) atoms. The van der Waals surface area contributed by atoms with Crippen LogP contribution in [0.15, 0.2) is 67.1 Å². The van der Waals surface area contributed by atoms with E-state index in [1.54, 1.807) is 12.4 Å². The van der Waals surface area contributed by atoms with Crippen LogP contribution < -0.4 is 5.32 Å². The van der Waals surface area contributed by atoms with Crippen molar-refractivity contribution in [2.24, 2.45) is 0 Å². The van der Waals surface area contributed by atoms with Gasteiger partial charge in [-0.3, -0.25) is 4.98 Å². The number of rotatable bonds is 5. The molecule has 1 saturated heterocycles. The number of nitrogens with one attached hydrogen (secondary N) is 1. The van der Waals surface area contributed by atoms with Gasteiger partial charge >= 0.3 is 0 Å². The smallest absolute Gasteiger partial charge is 0.170 e. The van der Waals surface area contributed by atoms with Crippen molar-refractivity contribution in [1.82, 2.24) is 24.8 Å². The molecule has 2 N–H and O–H groups in total. The summed E-state index contributed by atoms with van der Waals surface area (Å²) in [6, 6.07) is 15.5. The molecule has 4 heterocycles. The molecule has 0 spiro atoms. The summed E-state index contributed by atoms with van der Waals surface area (Å²) >= 11 is 5.55. The van der Waals surface area contributed by atoms with E-state index in [4.69, 9.17) is 12.2 Å². The summed E-state index contributed by atoms with van der Waals surface area (Å²) in [4.78, 5) is 11.0. The molecule has 132 valence electrons.